The van der Waals surface area contributed by atoms with Crippen LogP contribution in [0, 0.1) is 0 Å². The van der Waals surface area contributed by atoms with E-state index in [0.29, 0.717) is 0 Å². The van der Waals surface area contributed by atoms with Gasteiger partial charge in [-0.25, -0.2) is 0 Å². The number of anilines is 1. The van der Waals surface area contributed by atoms with Crippen molar-refractivity contribution in [3.05, 3.63) is 47.2 Å². The van der Waals surface area contributed by atoms with Crippen molar-refractivity contribution >= 4 is 11.3 Å². The number of nitrogens with one attached hydrogen (secondary N) is 1. The van der Waals surface area contributed by atoms with Crippen molar-refractivity contribution in [3.63, 3.8) is 0 Å². The summed E-state index contributed by atoms with van der Waals surface area (Å²) in [4.78, 5) is 0. The van der Waals surface area contributed by atoms with Gasteiger partial charge in [0.05, 0.1) is 6.10 Å². The van der Waals surface area contributed by atoms with E-state index in [9.17, 15) is 0 Å². The lowest BCUT2D eigenvalue weighted by Gasteiger charge is -2.16. The van der Waals surface area contributed by atoms with Crippen LogP contribution >= 0.6 is 0 Å². The quantitative estimate of drug-likeness (QED) is 0.742. The molecule has 0 aromatic heterocycles. The van der Waals surface area contributed by atoms with Crippen LogP contribution in [0.1, 0.15) is 32.3 Å². The number of hydrogen-bond donors (Lipinski definition) is 1. The van der Waals surface area contributed by atoms with Gasteiger partial charge in [-0.2, -0.15) is 0 Å². The monoisotopic (exact) mass is 241 g/mol. The third kappa shape index (κ3) is 1.92. The van der Waals surface area contributed by atoms with Gasteiger partial charge in [-0.15, -0.1) is 0 Å². The highest BCUT2D eigenvalue weighted by atomic mass is 16.5. The molecule has 94 valence electrons. The van der Waals surface area contributed by atoms with Crippen molar-refractivity contribution < 1.29 is 4.74 Å². The first-order chi connectivity index (χ1) is 8.75. The smallest absolute Gasteiger partial charge is 0.106 e. The second-order valence-electron chi connectivity index (χ2n) is 5.07. The van der Waals surface area contributed by atoms with Gasteiger partial charge < -0.3 is 10.1 Å². The summed E-state index contributed by atoms with van der Waals surface area (Å²) in [6, 6.07) is 8.50. The lowest BCUT2D eigenvalue weighted by atomic mass is 9.96. The molecule has 2 heteroatoms. The molecule has 0 saturated heterocycles. The molecule has 2 aliphatic heterocycles. The van der Waals surface area contributed by atoms with E-state index in [-0.39, 0.29) is 6.10 Å². The van der Waals surface area contributed by atoms with Crippen LogP contribution < -0.4 is 5.32 Å². The lowest BCUT2D eigenvalue weighted by Crippen LogP contribution is -2.08. The Morgan fingerprint density at radius 3 is 3.00 bits per heavy atom. The highest BCUT2D eigenvalue weighted by Gasteiger charge is 2.22. The van der Waals surface area contributed by atoms with Crippen LogP contribution in [0.5, 0.6) is 0 Å². The second-order valence-corrected chi connectivity index (χ2v) is 5.07. The highest BCUT2D eigenvalue weighted by molar-refractivity contribution is 5.87. The van der Waals surface area contributed by atoms with Crippen molar-refractivity contribution in [3.8, 4) is 0 Å². The molecule has 0 bridgehead atoms. The summed E-state index contributed by atoms with van der Waals surface area (Å²) in [5.74, 6) is 1.14. The minimum absolute atomic E-state index is 0.276. The maximum Gasteiger partial charge on any atom is 0.106 e. The molecule has 0 amide bonds. The molecule has 1 aromatic carbocycles. The van der Waals surface area contributed by atoms with E-state index in [1.807, 2.05) is 0 Å². The van der Waals surface area contributed by atoms with Crippen LogP contribution in [0.3, 0.4) is 0 Å². The van der Waals surface area contributed by atoms with E-state index >= 15 is 0 Å². The van der Waals surface area contributed by atoms with Crippen molar-refractivity contribution in [2.45, 2.75) is 32.8 Å². The summed E-state index contributed by atoms with van der Waals surface area (Å²) >= 11 is 0. The Labute approximate surface area is 108 Å². The lowest BCUT2D eigenvalue weighted by molar-refractivity contribution is 0.131. The average molecular weight is 241 g/mol. The van der Waals surface area contributed by atoms with Gasteiger partial charge in [-0.05, 0) is 25.5 Å². The fraction of sp³-hybridized carbons (Fsp3) is 0.375. The Morgan fingerprint density at radius 1 is 1.28 bits per heavy atom. The van der Waals surface area contributed by atoms with E-state index < -0.39 is 0 Å². The van der Waals surface area contributed by atoms with Crippen LogP contribution in [-0.4, -0.2) is 12.6 Å². The fourth-order valence-electron chi connectivity index (χ4n) is 2.73. The minimum atomic E-state index is 0.276. The number of para-hydroxylation sites is 1. The summed E-state index contributed by atoms with van der Waals surface area (Å²) in [5, 5.41) is 3.49. The Bertz CT molecular complexity index is 528. The first-order valence-corrected chi connectivity index (χ1v) is 6.66. The second kappa shape index (κ2) is 4.52. The molecule has 0 radical (unpaired) electrons. The van der Waals surface area contributed by atoms with Gasteiger partial charge in [0.15, 0.2) is 0 Å². The van der Waals surface area contributed by atoms with Crippen molar-refractivity contribution in [2.24, 2.45) is 0 Å². The first-order valence-electron chi connectivity index (χ1n) is 6.66. The van der Waals surface area contributed by atoms with Crippen LogP contribution in [0.25, 0.3) is 5.57 Å². The third-order valence-electron chi connectivity index (χ3n) is 3.64. The van der Waals surface area contributed by atoms with E-state index in [0.717, 1.165) is 25.1 Å². The van der Waals surface area contributed by atoms with Gasteiger partial charge >= 0.3 is 0 Å². The molecule has 2 nitrogen and oxygen atoms in total. The molecule has 1 aromatic rings. The summed E-state index contributed by atoms with van der Waals surface area (Å²) in [7, 11) is 0. The zero-order valence-electron chi connectivity index (χ0n) is 11.0. The van der Waals surface area contributed by atoms with Gasteiger partial charge in [-0.3, -0.25) is 0 Å². The third-order valence-corrected chi connectivity index (χ3v) is 3.64. The average Bonchev–Trinajstić information content (AvgIpc) is 2.62. The zero-order valence-corrected chi connectivity index (χ0v) is 11.0. The first kappa shape index (κ1) is 11.4. The molecule has 3 rings (SSSR count). The van der Waals surface area contributed by atoms with E-state index in [4.69, 9.17) is 4.74 Å². The molecule has 0 aliphatic carbocycles. The number of ether oxygens (including phenoxy) is 1. The highest BCUT2D eigenvalue weighted by Crippen LogP contribution is 2.38. The summed E-state index contributed by atoms with van der Waals surface area (Å²) in [6.07, 6.45) is 4.53. The number of rotatable bonds is 0. The maximum atomic E-state index is 6.11. The zero-order chi connectivity index (χ0) is 12.5. The standard InChI is InChI=1S/C16H19NO/c1-11-7-8-12(2)18-15-9-10-17-14-6-4-3-5-13(14)16(11)15/h3-7,12,17H,8-10H2,1-2H3. The van der Waals surface area contributed by atoms with E-state index in [2.05, 4.69) is 49.5 Å². The Kier molecular flexibility index (Phi) is 2.86. The normalized spacial score (nSPS) is 22.8. The largest absolute Gasteiger partial charge is 0.494 e. The summed E-state index contributed by atoms with van der Waals surface area (Å²) in [5.41, 5.74) is 5.12. The predicted octanol–water partition coefficient (Wildman–Crippen LogP) is 3.97. The number of benzene rings is 1. The SMILES string of the molecule is CC1=CCC(C)OC2=C1c1ccccc1NCC2. The van der Waals surface area contributed by atoms with Crippen LogP contribution in [-0.2, 0) is 4.74 Å². The number of hydrogen-bond acceptors (Lipinski definition) is 2. The molecule has 2 heterocycles. The molecule has 18 heavy (non-hydrogen) atoms. The van der Waals surface area contributed by atoms with Crippen LogP contribution in [0.15, 0.2) is 41.7 Å². The van der Waals surface area contributed by atoms with Gasteiger partial charge in [-0.1, -0.05) is 24.3 Å². The molecule has 0 saturated carbocycles. The van der Waals surface area contributed by atoms with Crippen molar-refractivity contribution in [1.82, 2.24) is 0 Å². The Hall–Kier alpha value is -1.70. The van der Waals surface area contributed by atoms with Gasteiger partial charge in [0.25, 0.3) is 0 Å². The molecule has 0 fully saturated rings. The Morgan fingerprint density at radius 2 is 2.11 bits per heavy atom. The van der Waals surface area contributed by atoms with Gasteiger partial charge in [0.2, 0.25) is 0 Å². The molecule has 1 N–H and O–H groups in total. The molecular formula is C16H19NO. The van der Waals surface area contributed by atoms with E-state index in [1.54, 1.807) is 0 Å². The number of allylic oxidation sites excluding steroid dienone is 2. The maximum absolute atomic E-state index is 6.11. The predicted molar refractivity (Wildman–Crippen MR) is 75.4 cm³/mol. The van der Waals surface area contributed by atoms with Crippen molar-refractivity contribution in [1.29, 1.82) is 0 Å². The molecule has 1 atom stereocenters. The van der Waals surface area contributed by atoms with Gasteiger partial charge in [0, 0.05) is 36.2 Å². The summed E-state index contributed by atoms with van der Waals surface area (Å²) in [6.45, 7) is 5.28. The minimum Gasteiger partial charge on any atom is -0.494 e. The van der Waals surface area contributed by atoms with E-state index in [1.165, 1.54) is 22.4 Å². The van der Waals surface area contributed by atoms with Gasteiger partial charge in [0.1, 0.15) is 5.76 Å². The molecule has 1 unspecified atom stereocenters. The topological polar surface area (TPSA) is 21.3 Å². The van der Waals surface area contributed by atoms with Crippen LogP contribution in [0.4, 0.5) is 5.69 Å². The fourth-order valence-corrected chi connectivity index (χ4v) is 2.73. The number of fused-ring (bicyclic) bond motifs is 2. The Balaban J connectivity index is 2.18. The molecule has 2 aliphatic rings. The van der Waals surface area contributed by atoms with Crippen LogP contribution in [0.2, 0.25) is 0 Å². The molecule has 0 spiro atoms. The van der Waals surface area contributed by atoms with Crippen molar-refractivity contribution in [2.75, 3.05) is 11.9 Å². The molecular weight excluding hydrogens is 222 g/mol. The summed E-state index contributed by atoms with van der Waals surface area (Å²) < 4.78 is 6.11.